The molecule has 0 amide bonds. The summed E-state index contributed by atoms with van der Waals surface area (Å²) in [5.74, 6) is 0.628. The number of nitrogens with zero attached hydrogens (tertiary/aromatic N) is 1. The third kappa shape index (κ3) is 4.21. The topological polar surface area (TPSA) is 3.24 Å². The molecule has 1 aliphatic heterocycles. The van der Waals surface area contributed by atoms with Crippen LogP contribution in [0.15, 0.2) is 22.7 Å². The Labute approximate surface area is 119 Å². The number of rotatable bonds is 2. The van der Waals surface area contributed by atoms with E-state index in [0.717, 1.165) is 31.1 Å². The minimum atomic E-state index is -4.28. The maximum atomic E-state index is 12.8. The summed E-state index contributed by atoms with van der Waals surface area (Å²) in [4.78, 5) is 2.23. The Morgan fingerprint density at radius 1 is 1.32 bits per heavy atom. The van der Waals surface area contributed by atoms with Crippen LogP contribution < -0.4 is 0 Å². The second-order valence-corrected chi connectivity index (χ2v) is 6.24. The van der Waals surface area contributed by atoms with E-state index in [-0.39, 0.29) is 0 Å². The van der Waals surface area contributed by atoms with E-state index in [1.54, 1.807) is 6.07 Å². The minimum Gasteiger partial charge on any atom is -0.299 e. The van der Waals surface area contributed by atoms with Crippen molar-refractivity contribution in [2.45, 2.75) is 32.5 Å². The van der Waals surface area contributed by atoms with Crippen LogP contribution in [0.2, 0.25) is 0 Å². The van der Waals surface area contributed by atoms with E-state index in [2.05, 4.69) is 27.8 Å². The maximum absolute atomic E-state index is 12.8. The van der Waals surface area contributed by atoms with E-state index in [1.807, 2.05) is 0 Å². The number of benzene rings is 1. The van der Waals surface area contributed by atoms with Gasteiger partial charge in [0.25, 0.3) is 0 Å². The van der Waals surface area contributed by atoms with Crippen LogP contribution in [0.5, 0.6) is 0 Å². The highest BCUT2D eigenvalue weighted by molar-refractivity contribution is 9.10. The Bertz CT molecular complexity index is 445. The number of hydrogen-bond acceptors (Lipinski definition) is 1. The lowest BCUT2D eigenvalue weighted by atomic mass is 9.99. The van der Waals surface area contributed by atoms with Crippen LogP contribution in [0, 0.1) is 5.92 Å². The number of alkyl halides is 3. The van der Waals surface area contributed by atoms with E-state index < -0.39 is 11.7 Å². The first-order valence-electron chi connectivity index (χ1n) is 6.43. The standard InChI is InChI=1S/C14H17BrF3N/c1-10-3-2-4-19(8-10)9-11-5-12(14(16,17)18)7-13(15)6-11/h5-7,10H,2-4,8-9H2,1H3/t10-/m0/s1. The maximum Gasteiger partial charge on any atom is 0.416 e. The van der Waals surface area contributed by atoms with E-state index in [4.69, 9.17) is 0 Å². The van der Waals surface area contributed by atoms with Gasteiger partial charge in [-0.15, -0.1) is 0 Å². The molecular weight excluding hydrogens is 319 g/mol. The third-order valence-corrected chi connectivity index (χ3v) is 3.89. The molecule has 0 spiro atoms. The highest BCUT2D eigenvalue weighted by atomic mass is 79.9. The van der Waals surface area contributed by atoms with Gasteiger partial charge < -0.3 is 0 Å². The Hall–Kier alpha value is -0.550. The van der Waals surface area contributed by atoms with Gasteiger partial charge in [-0.25, -0.2) is 0 Å². The van der Waals surface area contributed by atoms with Crippen LogP contribution in [-0.2, 0) is 12.7 Å². The molecule has 106 valence electrons. The average Bonchev–Trinajstić information content (AvgIpc) is 2.26. The molecule has 0 N–H and O–H groups in total. The van der Waals surface area contributed by atoms with E-state index in [9.17, 15) is 13.2 Å². The molecule has 1 nitrogen and oxygen atoms in total. The van der Waals surface area contributed by atoms with Gasteiger partial charge in [-0.3, -0.25) is 4.90 Å². The molecule has 0 aliphatic carbocycles. The summed E-state index contributed by atoms with van der Waals surface area (Å²) >= 11 is 3.16. The average molecular weight is 336 g/mol. The fraction of sp³-hybridized carbons (Fsp3) is 0.571. The summed E-state index contributed by atoms with van der Waals surface area (Å²) in [6.45, 7) is 4.72. The number of halogens is 4. The quantitative estimate of drug-likeness (QED) is 0.757. The Morgan fingerprint density at radius 3 is 2.68 bits per heavy atom. The molecule has 19 heavy (non-hydrogen) atoms. The lowest BCUT2D eigenvalue weighted by Gasteiger charge is -2.31. The van der Waals surface area contributed by atoms with Crippen molar-refractivity contribution in [1.29, 1.82) is 0 Å². The van der Waals surface area contributed by atoms with Gasteiger partial charge in [0, 0.05) is 17.6 Å². The molecule has 0 saturated carbocycles. The number of piperidine rings is 1. The zero-order valence-corrected chi connectivity index (χ0v) is 12.4. The molecule has 1 saturated heterocycles. The fourth-order valence-corrected chi connectivity index (χ4v) is 3.13. The van der Waals surface area contributed by atoms with Crippen molar-refractivity contribution in [1.82, 2.24) is 4.90 Å². The van der Waals surface area contributed by atoms with Gasteiger partial charge in [0.05, 0.1) is 5.56 Å². The van der Waals surface area contributed by atoms with Gasteiger partial charge in [0.15, 0.2) is 0 Å². The van der Waals surface area contributed by atoms with Crippen LogP contribution in [0.25, 0.3) is 0 Å². The summed E-state index contributed by atoms with van der Waals surface area (Å²) in [7, 11) is 0. The smallest absolute Gasteiger partial charge is 0.299 e. The largest absolute Gasteiger partial charge is 0.416 e. The predicted molar refractivity (Wildman–Crippen MR) is 72.8 cm³/mol. The predicted octanol–water partition coefficient (Wildman–Crippen LogP) is 4.70. The Morgan fingerprint density at radius 2 is 2.05 bits per heavy atom. The van der Waals surface area contributed by atoms with Crippen molar-refractivity contribution in [3.05, 3.63) is 33.8 Å². The molecular formula is C14H17BrF3N. The van der Waals surface area contributed by atoms with Crippen LogP contribution in [0.4, 0.5) is 13.2 Å². The molecule has 0 unspecified atom stereocenters. The van der Waals surface area contributed by atoms with Crippen LogP contribution in [0.1, 0.15) is 30.9 Å². The van der Waals surface area contributed by atoms with Crippen molar-refractivity contribution in [3.8, 4) is 0 Å². The van der Waals surface area contributed by atoms with Crippen molar-refractivity contribution in [2.24, 2.45) is 5.92 Å². The molecule has 0 radical (unpaired) electrons. The van der Waals surface area contributed by atoms with E-state index in [1.165, 1.54) is 12.5 Å². The third-order valence-electron chi connectivity index (χ3n) is 3.43. The molecule has 2 rings (SSSR count). The lowest BCUT2D eigenvalue weighted by Crippen LogP contribution is -2.33. The van der Waals surface area contributed by atoms with Gasteiger partial charge in [0.1, 0.15) is 0 Å². The zero-order valence-electron chi connectivity index (χ0n) is 10.8. The van der Waals surface area contributed by atoms with Gasteiger partial charge in [-0.2, -0.15) is 13.2 Å². The first kappa shape index (κ1) is 14.9. The molecule has 1 atom stereocenters. The number of likely N-dealkylation sites (tertiary alicyclic amines) is 1. The van der Waals surface area contributed by atoms with Crippen molar-refractivity contribution in [2.75, 3.05) is 13.1 Å². The van der Waals surface area contributed by atoms with Crippen molar-refractivity contribution >= 4 is 15.9 Å². The van der Waals surface area contributed by atoms with E-state index >= 15 is 0 Å². The van der Waals surface area contributed by atoms with Gasteiger partial charge in [-0.1, -0.05) is 22.9 Å². The normalized spacial score (nSPS) is 21.6. The summed E-state index contributed by atoms with van der Waals surface area (Å²) in [5.41, 5.74) is 0.137. The van der Waals surface area contributed by atoms with E-state index in [0.29, 0.717) is 16.9 Å². The Kier molecular flexibility index (Phi) is 4.56. The molecule has 0 aromatic heterocycles. The summed E-state index contributed by atoms with van der Waals surface area (Å²) in [5, 5.41) is 0. The Balaban J connectivity index is 2.14. The van der Waals surface area contributed by atoms with Crippen LogP contribution in [-0.4, -0.2) is 18.0 Å². The second-order valence-electron chi connectivity index (χ2n) is 5.33. The minimum absolute atomic E-state index is 0.488. The van der Waals surface area contributed by atoms with Crippen molar-refractivity contribution in [3.63, 3.8) is 0 Å². The van der Waals surface area contributed by atoms with Crippen LogP contribution in [0.3, 0.4) is 0 Å². The second kappa shape index (κ2) is 5.83. The molecule has 1 aromatic rings. The van der Waals surface area contributed by atoms with Crippen LogP contribution >= 0.6 is 15.9 Å². The highest BCUT2D eigenvalue weighted by Gasteiger charge is 2.31. The SMILES string of the molecule is C[C@H]1CCCN(Cc2cc(Br)cc(C(F)(F)F)c2)C1. The first-order valence-corrected chi connectivity index (χ1v) is 7.23. The number of hydrogen-bond donors (Lipinski definition) is 0. The summed E-state index contributed by atoms with van der Waals surface area (Å²) in [6.07, 6.45) is -1.95. The molecule has 1 heterocycles. The van der Waals surface area contributed by atoms with Gasteiger partial charge in [0.2, 0.25) is 0 Å². The van der Waals surface area contributed by atoms with Gasteiger partial charge >= 0.3 is 6.18 Å². The lowest BCUT2D eigenvalue weighted by molar-refractivity contribution is -0.137. The molecule has 0 bridgehead atoms. The highest BCUT2D eigenvalue weighted by Crippen LogP contribution is 2.32. The first-order chi connectivity index (χ1) is 8.84. The monoisotopic (exact) mass is 335 g/mol. The molecule has 1 aromatic carbocycles. The summed E-state index contributed by atoms with van der Waals surface area (Å²) < 4.78 is 38.8. The molecule has 1 aliphatic rings. The summed E-state index contributed by atoms with van der Waals surface area (Å²) in [6, 6.07) is 4.15. The van der Waals surface area contributed by atoms with Crippen molar-refractivity contribution < 1.29 is 13.2 Å². The zero-order chi connectivity index (χ0) is 14.0. The molecule has 5 heteroatoms. The fourth-order valence-electron chi connectivity index (χ4n) is 2.59. The van der Waals surface area contributed by atoms with Gasteiger partial charge in [-0.05, 0) is 49.1 Å². The molecule has 1 fully saturated rings.